The zero-order chi connectivity index (χ0) is 11.0. The van der Waals surface area contributed by atoms with Gasteiger partial charge in [0.05, 0.1) is 17.4 Å². The third kappa shape index (κ3) is 1.44. The summed E-state index contributed by atoms with van der Waals surface area (Å²) in [6.07, 6.45) is 4.72. The summed E-state index contributed by atoms with van der Waals surface area (Å²) in [7, 11) is 0. The zero-order valence-electron chi connectivity index (χ0n) is 9.06. The molecule has 0 spiro atoms. The highest BCUT2D eigenvalue weighted by Gasteiger charge is 2.37. The van der Waals surface area contributed by atoms with Crippen LogP contribution < -0.4 is 10.2 Å². The van der Waals surface area contributed by atoms with Crippen molar-refractivity contribution in [3.63, 3.8) is 0 Å². The van der Waals surface area contributed by atoms with Crippen LogP contribution >= 0.6 is 0 Å². The smallest absolute Gasteiger partial charge is 0.101 e. The summed E-state index contributed by atoms with van der Waals surface area (Å²) in [6, 6.07) is 4.68. The largest absolute Gasteiger partial charge is 0.366 e. The van der Waals surface area contributed by atoms with Gasteiger partial charge in [0.1, 0.15) is 6.07 Å². The van der Waals surface area contributed by atoms with E-state index in [9.17, 15) is 0 Å². The molecule has 2 atom stereocenters. The standard InChI is InChI=1S/C12H14N4/c13-4-9-3-11(7-14-5-9)16-2-1-10-6-15-8-12(10)16/h3,5,7,10,12,15H,1-2,6,8H2. The lowest BCUT2D eigenvalue weighted by atomic mass is 10.1. The number of pyridine rings is 1. The van der Waals surface area contributed by atoms with Gasteiger partial charge in [-0.05, 0) is 18.4 Å². The fourth-order valence-electron chi connectivity index (χ4n) is 2.82. The van der Waals surface area contributed by atoms with Gasteiger partial charge in [-0.25, -0.2) is 0 Å². The van der Waals surface area contributed by atoms with Crippen LogP contribution in [0.25, 0.3) is 0 Å². The van der Waals surface area contributed by atoms with E-state index in [-0.39, 0.29) is 0 Å². The van der Waals surface area contributed by atoms with Crippen molar-refractivity contribution in [1.82, 2.24) is 10.3 Å². The Morgan fingerprint density at radius 3 is 3.25 bits per heavy atom. The molecule has 0 bridgehead atoms. The maximum absolute atomic E-state index is 8.87. The molecule has 3 heterocycles. The number of aromatic nitrogens is 1. The summed E-state index contributed by atoms with van der Waals surface area (Å²) in [4.78, 5) is 6.52. The van der Waals surface area contributed by atoms with Crippen molar-refractivity contribution < 1.29 is 0 Å². The Bertz CT molecular complexity index is 437. The number of hydrogen-bond donors (Lipinski definition) is 1. The molecule has 2 saturated heterocycles. The van der Waals surface area contributed by atoms with Gasteiger partial charge in [-0.15, -0.1) is 0 Å². The predicted molar refractivity (Wildman–Crippen MR) is 61.1 cm³/mol. The van der Waals surface area contributed by atoms with Gasteiger partial charge in [0.25, 0.3) is 0 Å². The minimum Gasteiger partial charge on any atom is -0.366 e. The van der Waals surface area contributed by atoms with Crippen molar-refractivity contribution in [2.24, 2.45) is 5.92 Å². The molecule has 3 rings (SSSR count). The molecule has 2 fully saturated rings. The first kappa shape index (κ1) is 9.61. The van der Waals surface area contributed by atoms with E-state index in [1.807, 2.05) is 12.3 Å². The third-order valence-electron chi connectivity index (χ3n) is 3.63. The van der Waals surface area contributed by atoms with Crippen LogP contribution in [0.3, 0.4) is 0 Å². The quantitative estimate of drug-likeness (QED) is 0.749. The Hall–Kier alpha value is -1.60. The topological polar surface area (TPSA) is 52.0 Å². The van der Waals surface area contributed by atoms with Crippen molar-refractivity contribution >= 4 is 5.69 Å². The molecule has 1 N–H and O–H groups in total. The average Bonchev–Trinajstić information content (AvgIpc) is 2.90. The summed E-state index contributed by atoms with van der Waals surface area (Å²) in [5, 5.41) is 12.3. The van der Waals surface area contributed by atoms with Gasteiger partial charge in [0.2, 0.25) is 0 Å². The first-order valence-corrected chi connectivity index (χ1v) is 5.71. The number of nitrogens with one attached hydrogen (secondary N) is 1. The molecule has 2 aliphatic heterocycles. The highest BCUT2D eigenvalue weighted by atomic mass is 15.2. The third-order valence-corrected chi connectivity index (χ3v) is 3.63. The van der Waals surface area contributed by atoms with Gasteiger partial charge in [0, 0.05) is 31.9 Å². The SMILES string of the molecule is N#Cc1cncc(N2CCC3CNCC32)c1. The highest BCUT2D eigenvalue weighted by molar-refractivity contribution is 5.51. The molecule has 0 radical (unpaired) electrons. The highest BCUT2D eigenvalue weighted by Crippen LogP contribution is 2.31. The Morgan fingerprint density at radius 2 is 2.38 bits per heavy atom. The van der Waals surface area contributed by atoms with Crippen molar-refractivity contribution in [2.75, 3.05) is 24.5 Å². The summed E-state index contributed by atoms with van der Waals surface area (Å²) in [5.74, 6) is 0.769. The molecule has 2 aliphatic rings. The normalized spacial score (nSPS) is 27.8. The van der Waals surface area contributed by atoms with Crippen molar-refractivity contribution in [3.8, 4) is 6.07 Å². The molecule has 0 saturated carbocycles. The molecule has 4 heteroatoms. The van der Waals surface area contributed by atoms with Crippen LogP contribution in [0.4, 0.5) is 5.69 Å². The van der Waals surface area contributed by atoms with E-state index in [2.05, 4.69) is 21.3 Å². The van der Waals surface area contributed by atoms with Crippen LogP contribution in [0.5, 0.6) is 0 Å². The molecule has 16 heavy (non-hydrogen) atoms. The number of anilines is 1. The average molecular weight is 214 g/mol. The van der Waals surface area contributed by atoms with Gasteiger partial charge >= 0.3 is 0 Å². The first-order valence-electron chi connectivity index (χ1n) is 5.71. The predicted octanol–water partition coefficient (Wildman–Crippen LogP) is 0.751. The number of rotatable bonds is 1. The Labute approximate surface area is 94.9 Å². The molecule has 4 nitrogen and oxygen atoms in total. The van der Waals surface area contributed by atoms with Crippen molar-refractivity contribution in [3.05, 3.63) is 24.0 Å². The van der Waals surface area contributed by atoms with E-state index in [1.54, 1.807) is 6.20 Å². The summed E-state index contributed by atoms with van der Waals surface area (Å²) < 4.78 is 0. The number of nitriles is 1. The van der Waals surface area contributed by atoms with E-state index in [1.165, 1.54) is 6.42 Å². The summed E-state index contributed by atoms with van der Waals surface area (Å²) in [5.41, 5.74) is 1.74. The Balaban J connectivity index is 1.89. The Kier molecular flexibility index (Phi) is 2.26. The lowest BCUT2D eigenvalue weighted by molar-refractivity contribution is 0.578. The second-order valence-electron chi connectivity index (χ2n) is 4.51. The van der Waals surface area contributed by atoms with Crippen molar-refractivity contribution in [2.45, 2.75) is 12.5 Å². The molecular weight excluding hydrogens is 200 g/mol. The number of nitrogens with zero attached hydrogens (tertiary/aromatic N) is 3. The second kappa shape index (κ2) is 3.76. The van der Waals surface area contributed by atoms with Gasteiger partial charge in [-0.2, -0.15) is 5.26 Å². The van der Waals surface area contributed by atoms with Gasteiger partial charge in [0.15, 0.2) is 0 Å². The van der Waals surface area contributed by atoms with Crippen LogP contribution in [0.15, 0.2) is 18.5 Å². The van der Waals surface area contributed by atoms with Crippen LogP contribution in [-0.2, 0) is 0 Å². The van der Waals surface area contributed by atoms with Gasteiger partial charge in [-0.3, -0.25) is 4.98 Å². The fraction of sp³-hybridized carbons (Fsp3) is 0.500. The molecule has 0 aromatic carbocycles. The molecule has 0 aliphatic carbocycles. The molecule has 82 valence electrons. The van der Waals surface area contributed by atoms with Crippen molar-refractivity contribution in [1.29, 1.82) is 5.26 Å². The lowest BCUT2D eigenvalue weighted by Crippen LogP contribution is -2.34. The number of hydrogen-bond acceptors (Lipinski definition) is 4. The molecular formula is C12H14N4. The lowest BCUT2D eigenvalue weighted by Gasteiger charge is -2.25. The minimum atomic E-state index is 0.593. The maximum atomic E-state index is 8.87. The van der Waals surface area contributed by atoms with E-state index in [4.69, 9.17) is 5.26 Å². The first-order chi connectivity index (χ1) is 7.88. The molecule has 2 unspecified atom stereocenters. The zero-order valence-corrected chi connectivity index (χ0v) is 9.06. The van der Waals surface area contributed by atoms with Crippen LogP contribution in [-0.4, -0.2) is 30.7 Å². The molecule has 1 aromatic rings. The van der Waals surface area contributed by atoms with Crippen LogP contribution in [0, 0.1) is 17.2 Å². The Morgan fingerprint density at radius 1 is 1.44 bits per heavy atom. The minimum absolute atomic E-state index is 0.593. The van der Waals surface area contributed by atoms with E-state index in [0.29, 0.717) is 11.6 Å². The van der Waals surface area contributed by atoms with E-state index in [0.717, 1.165) is 31.2 Å². The van der Waals surface area contributed by atoms with E-state index < -0.39 is 0 Å². The number of fused-ring (bicyclic) bond motifs is 1. The fourth-order valence-corrected chi connectivity index (χ4v) is 2.82. The monoisotopic (exact) mass is 214 g/mol. The summed E-state index contributed by atoms with van der Waals surface area (Å²) in [6.45, 7) is 3.28. The van der Waals surface area contributed by atoms with E-state index >= 15 is 0 Å². The van der Waals surface area contributed by atoms with Crippen LogP contribution in [0.2, 0.25) is 0 Å². The summed E-state index contributed by atoms with van der Waals surface area (Å²) >= 11 is 0. The van der Waals surface area contributed by atoms with Crippen LogP contribution in [0.1, 0.15) is 12.0 Å². The molecule has 0 amide bonds. The molecule has 1 aromatic heterocycles. The van der Waals surface area contributed by atoms with Gasteiger partial charge in [-0.1, -0.05) is 0 Å². The maximum Gasteiger partial charge on any atom is 0.101 e. The van der Waals surface area contributed by atoms with Gasteiger partial charge < -0.3 is 10.2 Å². The second-order valence-corrected chi connectivity index (χ2v) is 4.51.